The Hall–Kier alpha value is -1.25. The summed E-state index contributed by atoms with van der Waals surface area (Å²) >= 11 is 0. The lowest BCUT2D eigenvalue weighted by Crippen LogP contribution is -2.29. The Kier molecular flexibility index (Phi) is 26.1. The standard InChI is InChI=1S/C38H74NO8P/c1-3-5-7-9-11-13-15-17-18-19-21-23-25-27-29-31-38(41)47-36(35-46-48(42,43)45-33-32-39)34-44-37(40)30-28-26-24-22-20-16-14-12-10-8-6-4-2/h17-18,36H,3-16,19-35,39H2,1-2H3,(H,42,43)/b18-17-/t36-/m1/s1/i1D3,3D2,5D2. The predicted octanol–water partition coefficient (Wildman–Crippen LogP) is 10.7. The first-order valence-electron chi connectivity index (χ1n) is 22.3. The minimum atomic E-state index is -4.42. The fourth-order valence-corrected chi connectivity index (χ4v) is 5.89. The minimum Gasteiger partial charge on any atom is -0.462 e. The molecule has 0 saturated heterocycles. The fraction of sp³-hybridized carbons (Fsp3) is 0.895. The van der Waals surface area contributed by atoms with E-state index in [-0.39, 0.29) is 39.0 Å². The van der Waals surface area contributed by atoms with E-state index in [9.17, 15) is 19.0 Å². The zero-order chi connectivity index (χ0) is 41.5. The summed E-state index contributed by atoms with van der Waals surface area (Å²) in [6.07, 6.45) is 20.2. The van der Waals surface area contributed by atoms with Crippen molar-refractivity contribution in [2.45, 2.75) is 193 Å². The van der Waals surface area contributed by atoms with E-state index in [0.717, 1.165) is 64.2 Å². The summed E-state index contributed by atoms with van der Waals surface area (Å²) < 4.78 is 85.5. The van der Waals surface area contributed by atoms with Gasteiger partial charge in [-0.15, -0.1) is 0 Å². The molecule has 0 spiro atoms. The molecule has 0 rings (SSSR count). The van der Waals surface area contributed by atoms with Crippen molar-refractivity contribution in [1.29, 1.82) is 0 Å². The molecule has 1 unspecified atom stereocenters. The highest BCUT2D eigenvalue weighted by atomic mass is 31.2. The topological polar surface area (TPSA) is 134 Å². The monoisotopic (exact) mass is 711 g/mol. The van der Waals surface area contributed by atoms with Crippen LogP contribution in [0.1, 0.15) is 197 Å². The van der Waals surface area contributed by atoms with E-state index in [0.29, 0.717) is 25.7 Å². The first kappa shape index (κ1) is 35.2. The number of hydrogen-bond acceptors (Lipinski definition) is 8. The number of nitrogens with two attached hydrogens (primary N) is 1. The minimum absolute atomic E-state index is 0.0206. The quantitative estimate of drug-likeness (QED) is 0.0279. The molecule has 0 amide bonds. The van der Waals surface area contributed by atoms with Gasteiger partial charge in [-0.3, -0.25) is 18.6 Å². The number of rotatable bonds is 37. The van der Waals surface area contributed by atoms with Gasteiger partial charge in [-0.1, -0.05) is 148 Å². The van der Waals surface area contributed by atoms with E-state index in [1.165, 1.54) is 51.4 Å². The van der Waals surface area contributed by atoms with Crippen LogP contribution >= 0.6 is 7.82 Å². The van der Waals surface area contributed by atoms with E-state index in [2.05, 4.69) is 19.1 Å². The van der Waals surface area contributed by atoms with Gasteiger partial charge in [-0.2, -0.15) is 0 Å². The molecular formula is C38H74NO8P. The molecule has 284 valence electrons. The number of unbranched alkanes of at least 4 members (excludes halogenated alkanes) is 19. The number of phosphoric ester groups is 1. The van der Waals surface area contributed by atoms with Crippen LogP contribution in [0.15, 0.2) is 12.2 Å². The van der Waals surface area contributed by atoms with E-state index in [1.807, 2.05) is 0 Å². The van der Waals surface area contributed by atoms with Crippen molar-refractivity contribution in [3.8, 4) is 0 Å². The zero-order valence-electron chi connectivity index (χ0n) is 37.1. The smallest absolute Gasteiger partial charge is 0.462 e. The van der Waals surface area contributed by atoms with Gasteiger partial charge >= 0.3 is 19.8 Å². The maximum absolute atomic E-state index is 12.6. The van der Waals surface area contributed by atoms with Gasteiger partial charge in [0.1, 0.15) is 6.61 Å². The molecule has 0 bridgehead atoms. The lowest BCUT2D eigenvalue weighted by atomic mass is 10.0. The molecule has 48 heavy (non-hydrogen) atoms. The van der Waals surface area contributed by atoms with Crippen molar-refractivity contribution in [2.24, 2.45) is 5.73 Å². The van der Waals surface area contributed by atoms with Crippen molar-refractivity contribution in [3.63, 3.8) is 0 Å². The number of carbonyl (C=O) groups is 2. The van der Waals surface area contributed by atoms with E-state index in [4.69, 9.17) is 33.9 Å². The van der Waals surface area contributed by atoms with Crippen LogP contribution in [0.2, 0.25) is 0 Å². The molecule has 0 aliphatic rings. The van der Waals surface area contributed by atoms with Crippen LogP contribution in [-0.4, -0.2) is 49.3 Å². The number of carbonyl (C=O) groups excluding carboxylic acids is 2. The summed E-state index contributed by atoms with van der Waals surface area (Å²) in [5, 5.41) is 0. The lowest BCUT2D eigenvalue weighted by molar-refractivity contribution is -0.161. The van der Waals surface area contributed by atoms with Crippen molar-refractivity contribution >= 4 is 19.8 Å². The highest BCUT2D eigenvalue weighted by Crippen LogP contribution is 2.43. The second kappa shape index (κ2) is 35.6. The van der Waals surface area contributed by atoms with Gasteiger partial charge in [0.2, 0.25) is 0 Å². The molecule has 0 fully saturated rings. The highest BCUT2D eigenvalue weighted by molar-refractivity contribution is 7.47. The Balaban J connectivity index is 4.28. The van der Waals surface area contributed by atoms with E-state index >= 15 is 0 Å². The molecule has 0 saturated carbocycles. The largest absolute Gasteiger partial charge is 0.472 e. The number of hydrogen-bond donors (Lipinski definition) is 2. The molecule has 10 heteroatoms. The van der Waals surface area contributed by atoms with Crippen LogP contribution in [0.3, 0.4) is 0 Å². The number of phosphoric acid groups is 1. The van der Waals surface area contributed by atoms with E-state index < -0.39 is 52.1 Å². The molecule has 2 atom stereocenters. The summed E-state index contributed by atoms with van der Waals surface area (Å²) in [4.78, 5) is 34.8. The maximum Gasteiger partial charge on any atom is 0.472 e. The highest BCUT2D eigenvalue weighted by Gasteiger charge is 2.25. The van der Waals surface area contributed by atoms with Crippen LogP contribution in [0.25, 0.3) is 0 Å². The second-order valence-electron chi connectivity index (χ2n) is 12.5. The van der Waals surface area contributed by atoms with Crippen LogP contribution in [0.4, 0.5) is 0 Å². The fourth-order valence-electron chi connectivity index (χ4n) is 5.12. The molecule has 0 aliphatic carbocycles. The van der Waals surface area contributed by atoms with Gasteiger partial charge in [0, 0.05) is 29.0 Å². The van der Waals surface area contributed by atoms with Crippen LogP contribution in [0, 0.1) is 0 Å². The molecule has 0 aliphatic heterocycles. The molecule has 0 heterocycles. The summed E-state index contributed by atoms with van der Waals surface area (Å²) in [6.45, 7) is -1.73. The Morgan fingerprint density at radius 2 is 1.23 bits per heavy atom. The van der Waals surface area contributed by atoms with Crippen molar-refractivity contribution in [1.82, 2.24) is 0 Å². The van der Waals surface area contributed by atoms with Crippen molar-refractivity contribution in [3.05, 3.63) is 12.2 Å². The summed E-state index contributed by atoms with van der Waals surface area (Å²) in [6, 6.07) is 0. The van der Waals surface area contributed by atoms with Gasteiger partial charge in [0.05, 0.1) is 13.2 Å². The van der Waals surface area contributed by atoms with Crippen molar-refractivity contribution < 1.29 is 47.2 Å². The summed E-state index contributed by atoms with van der Waals surface area (Å²) in [5.74, 6) is -0.941. The number of esters is 2. The van der Waals surface area contributed by atoms with E-state index in [1.54, 1.807) is 0 Å². The Morgan fingerprint density at radius 1 is 0.729 bits per heavy atom. The number of allylic oxidation sites excluding steroid dienone is 2. The van der Waals surface area contributed by atoms with Gasteiger partial charge < -0.3 is 20.1 Å². The SMILES string of the molecule is [2H]C([2H])([2H])C([2H])([2H])C([2H])([2H])CCCCC/C=C\CCCCCCCC(=O)O[C@H](COC(=O)CCCCCCCCCCCCCC)COP(=O)(O)OCCN. The zero-order valence-corrected chi connectivity index (χ0v) is 31.0. The Bertz CT molecular complexity index is 1070. The van der Waals surface area contributed by atoms with Gasteiger partial charge in [-0.25, -0.2) is 4.57 Å². The van der Waals surface area contributed by atoms with Gasteiger partial charge in [0.25, 0.3) is 0 Å². The summed E-state index contributed by atoms with van der Waals surface area (Å²) in [7, 11) is -4.42. The van der Waals surface area contributed by atoms with Crippen molar-refractivity contribution in [2.75, 3.05) is 26.4 Å². The first-order chi connectivity index (χ1) is 26.0. The third kappa shape index (κ3) is 34.6. The average molecular weight is 711 g/mol. The van der Waals surface area contributed by atoms with Gasteiger partial charge in [0.15, 0.2) is 6.10 Å². The Labute approximate surface area is 304 Å². The lowest BCUT2D eigenvalue weighted by Gasteiger charge is -2.19. The summed E-state index contributed by atoms with van der Waals surface area (Å²) in [5.41, 5.74) is 5.32. The second-order valence-corrected chi connectivity index (χ2v) is 14.0. The molecule has 0 radical (unpaired) electrons. The molecule has 0 aromatic rings. The number of ether oxygens (including phenoxy) is 2. The normalized spacial score (nSPS) is 16.5. The van der Waals surface area contributed by atoms with Crippen LogP contribution in [0.5, 0.6) is 0 Å². The molecule has 3 N–H and O–H groups in total. The first-order valence-corrected chi connectivity index (χ1v) is 20.3. The molecular weight excluding hydrogens is 629 g/mol. The van der Waals surface area contributed by atoms with Crippen LogP contribution in [-0.2, 0) is 32.7 Å². The molecule has 0 aromatic heterocycles. The van der Waals surface area contributed by atoms with Crippen LogP contribution < -0.4 is 5.73 Å². The molecule has 0 aromatic carbocycles. The third-order valence-electron chi connectivity index (χ3n) is 7.94. The third-order valence-corrected chi connectivity index (χ3v) is 8.92. The maximum atomic E-state index is 12.6. The predicted molar refractivity (Wildman–Crippen MR) is 197 cm³/mol. The van der Waals surface area contributed by atoms with Gasteiger partial charge in [-0.05, 0) is 38.5 Å². The molecule has 9 nitrogen and oxygen atoms in total. The average Bonchev–Trinajstić information content (AvgIpc) is 3.11. The Morgan fingerprint density at radius 3 is 1.77 bits per heavy atom.